The molecule has 2 atom stereocenters. The molecule has 1 aromatic rings. The van der Waals surface area contributed by atoms with E-state index in [4.69, 9.17) is 21.1 Å². The fourth-order valence-corrected chi connectivity index (χ4v) is 3.20. The molecule has 1 saturated carbocycles. The third kappa shape index (κ3) is 3.94. The number of hydrogen-bond donors (Lipinski definition) is 0. The molecule has 1 fully saturated rings. The Balaban J connectivity index is 2.20. The van der Waals surface area contributed by atoms with Gasteiger partial charge in [0.1, 0.15) is 11.6 Å². The predicted octanol–water partition coefficient (Wildman–Crippen LogP) is 5.42. The van der Waals surface area contributed by atoms with E-state index >= 15 is 0 Å². The zero-order valence-corrected chi connectivity index (χ0v) is 16.1. The fraction of sp³-hybridized carbons (Fsp3) is 0.500. The van der Waals surface area contributed by atoms with E-state index in [2.05, 4.69) is 0 Å². The Bertz CT molecular complexity index is 832. The smallest absolute Gasteiger partial charge is 0.426 e. The van der Waals surface area contributed by atoms with Crippen LogP contribution < -0.4 is 4.74 Å². The van der Waals surface area contributed by atoms with Crippen LogP contribution in [0.3, 0.4) is 0 Å². The molecule has 0 unspecified atom stereocenters. The monoisotopic (exact) mass is 430 g/mol. The Morgan fingerprint density at radius 3 is 2.25 bits per heavy atom. The number of esters is 1. The van der Waals surface area contributed by atoms with E-state index in [1.54, 1.807) is 0 Å². The summed E-state index contributed by atoms with van der Waals surface area (Å²) >= 11 is 5.21. The Hall–Kier alpha value is -1.90. The Morgan fingerprint density at radius 1 is 1.18 bits per heavy atom. The van der Waals surface area contributed by atoms with Crippen LogP contribution in [0.5, 0.6) is 5.75 Å². The van der Waals surface area contributed by atoms with Gasteiger partial charge in [-0.25, -0.2) is 13.2 Å². The zero-order chi connectivity index (χ0) is 21.6. The van der Waals surface area contributed by atoms with E-state index in [0.29, 0.717) is 0 Å². The topological polar surface area (TPSA) is 35.5 Å². The minimum Gasteiger partial charge on any atom is -0.493 e. The second kappa shape index (κ2) is 7.50. The molecule has 28 heavy (non-hydrogen) atoms. The molecule has 3 nitrogen and oxygen atoms in total. The summed E-state index contributed by atoms with van der Waals surface area (Å²) in [6.07, 6.45) is -4.03. The molecular weight excluding hydrogens is 414 g/mol. The lowest BCUT2D eigenvalue weighted by atomic mass is 10.1. The molecular formula is C18H17ClF6O3. The van der Waals surface area contributed by atoms with Gasteiger partial charge in [-0.15, -0.1) is 0 Å². The first-order valence-electron chi connectivity index (χ1n) is 8.06. The van der Waals surface area contributed by atoms with Crippen LogP contribution in [0.25, 0.3) is 0 Å². The lowest BCUT2D eigenvalue weighted by Crippen LogP contribution is -2.13. The molecule has 0 N–H and O–H groups in total. The molecule has 10 heteroatoms. The molecule has 1 aromatic carbocycles. The molecule has 0 heterocycles. The van der Waals surface area contributed by atoms with Crippen molar-refractivity contribution in [3.05, 3.63) is 39.7 Å². The number of rotatable bonds is 5. The van der Waals surface area contributed by atoms with E-state index in [1.165, 1.54) is 13.8 Å². The second-order valence-electron chi connectivity index (χ2n) is 7.02. The molecule has 2 rings (SSSR count). The van der Waals surface area contributed by atoms with Crippen molar-refractivity contribution in [3.8, 4) is 5.75 Å². The van der Waals surface area contributed by atoms with Crippen LogP contribution >= 0.6 is 11.6 Å². The summed E-state index contributed by atoms with van der Waals surface area (Å²) in [5.41, 5.74) is -2.12. The second-order valence-corrected chi connectivity index (χ2v) is 7.43. The summed E-state index contributed by atoms with van der Waals surface area (Å²) in [5, 5.41) is -1.36. The molecule has 0 radical (unpaired) electrons. The minimum absolute atomic E-state index is 0.597. The molecule has 1 aliphatic rings. The third-order valence-corrected chi connectivity index (χ3v) is 5.25. The van der Waals surface area contributed by atoms with E-state index in [0.717, 1.165) is 20.1 Å². The van der Waals surface area contributed by atoms with Crippen LogP contribution in [0.15, 0.2) is 11.1 Å². The quantitative estimate of drug-likeness (QED) is 0.355. The van der Waals surface area contributed by atoms with Crippen LogP contribution in [0, 0.1) is 41.6 Å². The molecule has 0 aromatic heterocycles. The lowest BCUT2D eigenvalue weighted by Gasteiger charge is -2.14. The maximum atomic E-state index is 14.1. The highest BCUT2D eigenvalue weighted by Crippen LogP contribution is 2.60. The number of benzene rings is 1. The maximum Gasteiger partial charge on any atom is 0.426 e. The van der Waals surface area contributed by atoms with E-state index in [-0.39, 0.29) is 0 Å². The summed E-state index contributed by atoms with van der Waals surface area (Å²) in [6, 6.07) is 0. The molecule has 0 aliphatic heterocycles. The van der Waals surface area contributed by atoms with Gasteiger partial charge in [0.25, 0.3) is 0 Å². The summed E-state index contributed by atoms with van der Waals surface area (Å²) < 4.78 is 89.3. The normalized spacial score (nSPS) is 21.5. The maximum absolute atomic E-state index is 14.1. The number of carbonyl (C=O) groups is 1. The highest BCUT2D eigenvalue weighted by molar-refractivity contribution is 6.30. The van der Waals surface area contributed by atoms with Crippen LogP contribution in [0.2, 0.25) is 0 Å². The number of ether oxygens (including phenoxy) is 2. The van der Waals surface area contributed by atoms with Crippen molar-refractivity contribution >= 4 is 17.6 Å². The fourth-order valence-electron chi connectivity index (χ4n) is 3.06. The molecule has 1 aliphatic carbocycles. The zero-order valence-electron chi connectivity index (χ0n) is 15.3. The largest absolute Gasteiger partial charge is 0.493 e. The summed E-state index contributed by atoms with van der Waals surface area (Å²) in [6.45, 7) is 3.23. The van der Waals surface area contributed by atoms with E-state index < -0.39 is 75.4 Å². The number of allylic oxidation sites excluding steroid dienone is 2. The average Bonchev–Trinajstić information content (AvgIpc) is 3.14. The van der Waals surface area contributed by atoms with Gasteiger partial charge >= 0.3 is 12.1 Å². The molecule has 0 saturated heterocycles. The van der Waals surface area contributed by atoms with Gasteiger partial charge in [-0.1, -0.05) is 31.5 Å². The standard InChI is InChI=1S/C18H17ClF6O3/c1-7-12(20)14(22)8(15(27-4)13(7)21)6-28-16(26)11-9(17(11,2)3)5-10(19)18(23,24)25/h5,9,11H,6H2,1-4H3/t9-,11-/m1/s1. The van der Waals surface area contributed by atoms with Gasteiger partial charge < -0.3 is 9.47 Å². The molecule has 0 spiro atoms. The van der Waals surface area contributed by atoms with Crippen LogP contribution in [0.1, 0.15) is 25.0 Å². The molecule has 156 valence electrons. The van der Waals surface area contributed by atoms with Crippen molar-refractivity contribution < 1.29 is 40.6 Å². The number of halogens is 7. The number of hydrogen-bond acceptors (Lipinski definition) is 3. The van der Waals surface area contributed by atoms with Crippen molar-refractivity contribution in [3.63, 3.8) is 0 Å². The van der Waals surface area contributed by atoms with Crippen molar-refractivity contribution in [2.45, 2.75) is 33.6 Å². The first kappa shape index (κ1) is 22.4. The van der Waals surface area contributed by atoms with E-state index in [9.17, 15) is 31.1 Å². The number of methoxy groups -OCH3 is 1. The first-order chi connectivity index (χ1) is 12.7. The number of alkyl halides is 3. The van der Waals surface area contributed by atoms with Gasteiger partial charge in [0.05, 0.1) is 18.6 Å². The minimum atomic E-state index is -4.75. The van der Waals surface area contributed by atoms with Crippen molar-refractivity contribution in [2.24, 2.45) is 17.3 Å². The van der Waals surface area contributed by atoms with Crippen LogP contribution in [-0.2, 0) is 16.1 Å². The molecule has 0 amide bonds. The Labute approximate surface area is 162 Å². The predicted molar refractivity (Wildman–Crippen MR) is 88.2 cm³/mol. The van der Waals surface area contributed by atoms with Gasteiger partial charge in [0, 0.05) is 5.56 Å². The number of carbonyl (C=O) groups excluding carboxylic acids is 1. The highest BCUT2D eigenvalue weighted by atomic mass is 35.5. The van der Waals surface area contributed by atoms with Gasteiger partial charge in [-0.3, -0.25) is 4.79 Å². The summed E-state index contributed by atoms with van der Waals surface area (Å²) in [4.78, 5) is 12.3. The van der Waals surface area contributed by atoms with Gasteiger partial charge in [0.2, 0.25) is 0 Å². The average molecular weight is 431 g/mol. The van der Waals surface area contributed by atoms with Gasteiger partial charge in [-0.2, -0.15) is 13.2 Å². The van der Waals surface area contributed by atoms with Crippen LogP contribution in [0.4, 0.5) is 26.3 Å². The first-order valence-corrected chi connectivity index (χ1v) is 8.44. The lowest BCUT2D eigenvalue weighted by molar-refractivity contribution is -0.147. The van der Waals surface area contributed by atoms with Crippen molar-refractivity contribution in [1.82, 2.24) is 0 Å². The van der Waals surface area contributed by atoms with Crippen LogP contribution in [-0.4, -0.2) is 19.3 Å². The third-order valence-electron chi connectivity index (χ3n) is 4.91. The molecule has 0 bridgehead atoms. The summed E-state index contributed by atoms with van der Waals surface area (Å²) in [5.74, 6) is -7.41. The Morgan fingerprint density at radius 2 is 1.75 bits per heavy atom. The van der Waals surface area contributed by atoms with Crippen molar-refractivity contribution in [2.75, 3.05) is 7.11 Å². The van der Waals surface area contributed by atoms with E-state index in [1.807, 2.05) is 0 Å². The summed E-state index contributed by atoms with van der Waals surface area (Å²) in [7, 11) is 1.03. The highest BCUT2D eigenvalue weighted by Gasteiger charge is 2.62. The van der Waals surface area contributed by atoms with Crippen molar-refractivity contribution in [1.29, 1.82) is 0 Å². The van der Waals surface area contributed by atoms with Gasteiger partial charge in [0.15, 0.2) is 23.2 Å². The van der Waals surface area contributed by atoms with Gasteiger partial charge in [-0.05, 0) is 18.3 Å². The Kier molecular flexibility index (Phi) is 5.99. The SMILES string of the molecule is COc1c(F)c(C)c(F)c(F)c1COC(=O)[C@H]1[C@@H](C=C(Cl)C(F)(F)F)C1(C)C.